The second kappa shape index (κ2) is 8.11. The Morgan fingerprint density at radius 2 is 2.11 bits per heavy atom. The van der Waals surface area contributed by atoms with Gasteiger partial charge in [0.2, 0.25) is 10.0 Å². The molecule has 0 fully saturated rings. The summed E-state index contributed by atoms with van der Waals surface area (Å²) >= 11 is 7.53. The summed E-state index contributed by atoms with van der Waals surface area (Å²) in [6, 6.07) is 4.84. The molecule has 4 nitrogen and oxygen atoms in total. The van der Waals surface area contributed by atoms with Gasteiger partial charge in [0.05, 0.1) is 4.90 Å². The SMILES string of the molecule is Cc1c(Cl)cccc1S(=O)(=O)NCCSCCCO. The van der Waals surface area contributed by atoms with Crippen LogP contribution in [0.2, 0.25) is 5.02 Å². The highest BCUT2D eigenvalue weighted by molar-refractivity contribution is 7.99. The molecule has 0 aliphatic rings. The maximum absolute atomic E-state index is 12.1. The van der Waals surface area contributed by atoms with Gasteiger partial charge < -0.3 is 5.11 Å². The molecule has 0 heterocycles. The van der Waals surface area contributed by atoms with Crippen molar-refractivity contribution in [2.45, 2.75) is 18.2 Å². The molecule has 0 aromatic heterocycles. The Labute approximate surface area is 123 Å². The van der Waals surface area contributed by atoms with Crippen LogP contribution in [-0.4, -0.2) is 38.2 Å². The molecule has 0 saturated heterocycles. The average Bonchev–Trinajstić information content (AvgIpc) is 2.36. The molecule has 1 aromatic carbocycles. The number of sulfonamides is 1. The van der Waals surface area contributed by atoms with Crippen LogP contribution < -0.4 is 4.72 Å². The molecule has 19 heavy (non-hydrogen) atoms. The number of nitrogens with one attached hydrogen (secondary N) is 1. The molecule has 0 radical (unpaired) electrons. The molecule has 0 spiro atoms. The Morgan fingerprint density at radius 3 is 2.79 bits per heavy atom. The molecule has 0 saturated carbocycles. The van der Waals surface area contributed by atoms with E-state index >= 15 is 0 Å². The highest BCUT2D eigenvalue weighted by Gasteiger charge is 2.17. The fourth-order valence-corrected chi connectivity index (χ4v) is 3.91. The molecule has 0 amide bonds. The van der Waals surface area contributed by atoms with E-state index in [-0.39, 0.29) is 11.5 Å². The Bertz CT molecular complexity index is 506. The van der Waals surface area contributed by atoms with Crippen LogP contribution in [0.1, 0.15) is 12.0 Å². The summed E-state index contributed by atoms with van der Waals surface area (Å²) in [5.74, 6) is 1.51. The third-order valence-corrected chi connectivity index (χ3v) is 5.58. The van der Waals surface area contributed by atoms with Gasteiger partial charge in [-0.3, -0.25) is 0 Å². The zero-order valence-corrected chi connectivity index (χ0v) is 13.1. The standard InChI is InChI=1S/C12H18ClNO3S2/c1-10-11(13)4-2-5-12(10)19(16,17)14-6-9-18-8-3-7-15/h2,4-5,14-15H,3,6-9H2,1H3. The number of hydrogen-bond donors (Lipinski definition) is 2. The molecule has 0 aliphatic carbocycles. The van der Waals surface area contributed by atoms with Crippen LogP contribution in [0.15, 0.2) is 23.1 Å². The van der Waals surface area contributed by atoms with Gasteiger partial charge in [-0.15, -0.1) is 0 Å². The second-order valence-corrected chi connectivity index (χ2v) is 7.32. The lowest BCUT2D eigenvalue weighted by atomic mass is 10.2. The third-order valence-electron chi connectivity index (χ3n) is 2.49. The van der Waals surface area contributed by atoms with Gasteiger partial charge in [-0.2, -0.15) is 11.8 Å². The molecule has 0 bridgehead atoms. The van der Waals surface area contributed by atoms with Crippen LogP contribution in [0.25, 0.3) is 0 Å². The third kappa shape index (κ3) is 5.31. The quantitative estimate of drug-likeness (QED) is 0.719. The van der Waals surface area contributed by atoms with Crippen LogP contribution in [0, 0.1) is 6.92 Å². The molecular weight excluding hydrogens is 306 g/mol. The molecule has 7 heteroatoms. The van der Waals surface area contributed by atoms with E-state index in [1.807, 2.05) is 0 Å². The van der Waals surface area contributed by atoms with Crippen LogP contribution in [-0.2, 0) is 10.0 Å². The fourth-order valence-electron chi connectivity index (χ4n) is 1.47. The minimum absolute atomic E-state index is 0.167. The van der Waals surface area contributed by atoms with Gasteiger partial charge >= 0.3 is 0 Å². The Kier molecular flexibility index (Phi) is 7.17. The predicted octanol–water partition coefficient (Wildman–Crippen LogP) is 2.04. The van der Waals surface area contributed by atoms with Gasteiger partial charge in [0, 0.05) is 23.9 Å². The first kappa shape index (κ1) is 16.8. The zero-order chi connectivity index (χ0) is 14.3. The van der Waals surface area contributed by atoms with Crippen molar-refractivity contribution in [2.75, 3.05) is 24.7 Å². The predicted molar refractivity (Wildman–Crippen MR) is 80.4 cm³/mol. The summed E-state index contributed by atoms with van der Waals surface area (Å²) < 4.78 is 26.7. The molecule has 0 unspecified atom stereocenters. The highest BCUT2D eigenvalue weighted by atomic mass is 35.5. The van der Waals surface area contributed by atoms with Crippen molar-refractivity contribution >= 4 is 33.4 Å². The number of thioether (sulfide) groups is 1. The van der Waals surface area contributed by atoms with Crippen LogP contribution in [0.4, 0.5) is 0 Å². The molecule has 1 aromatic rings. The smallest absolute Gasteiger partial charge is 0.240 e. The van der Waals surface area contributed by atoms with Crippen LogP contribution in [0.5, 0.6) is 0 Å². The van der Waals surface area contributed by atoms with Crippen LogP contribution in [0.3, 0.4) is 0 Å². The highest BCUT2D eigenvalue weighted by Crippen LogP contribution is 2.22. The fraction of sp³-hybridized carbons (Fsp3) is 0.500. The summed E-state index contributed by atoms with van der Waals surface area (Å²) in [4.78, 5) is 0.223. The van der Waals surface area contributed by atoms with Crippen molar-refractivity contribution in [1.82, 2.24) is 4.72 Å². The van der Waals surface area contributed by atoms with Crippen molar-refractivity contribution in [3.8, 4) is 0 Å². The molecule has 2 N–H and O–H groups in total. The minimum atomic E-state index is -3.50. The zero-order valence-electron chi connectivity index (χ0n) is 10.7. The first-order valence-corrected chi connectivity index (χ1v) is 8.94. The first-order valence-electron chi connectivity index (χ1n) is 5.92. The summed E-state index contributed by atoms with van der Waals surface area (Å²) in [7, 11) is -3.50. The van der Waals surface area contributed by atoms with Crippen molar-refractivity contribution < 1.29 is 13.5 Å². The number of aliphatic hydroxyl groups excluding tert-OH is 1. The molecule has 108 valence electrons. The van der Waals surface area contributed by atoms with Gasteiger partial charge in [0.25, 0.3) is 0 Å². The second-order valence-electron chi connectivity index (χ2n) is 3.95. The molecule has 0 aliphatic heterocycles. The largest absolute Gasteiger partial charge is 0.396 e. The van der Waals surface area contributed by atoms with E-state index in [2.05, 4.69) is 4.72 Å². The van der Waals surface area contributed by atoms with Crippen LogP contribution >= 0.6 is 23.4 Å². The number of halogens is 1. The maximum atomic E-state index is 12.1. The normalized spacial score (nSPS) is 11.7. The topological polar surface area (TPSA) is 66.4 Å². The van der Waals surface area contributed by atoms with Gasteiger partial charge in [0.1, 0.15) is 0 Å². The molecule has 0 atom stereocenters. The van der Waals surface area contributed by atoms with Gasteiger partial charge in [-0.1, -0.05) is 17.7 Å². The van der Waals surface area contributed by atoms with Crippen molar-refractivity contribution in [3.63, 3.8) is 0 Å². The number of benzene rings is 1. The number of aliphatic hydroxyl groups is 1. The average molecular weight is 324 g/mol. The van der Waals surface area contributed by atoms with Gasteiger partial charge in [-0.05, 0) is 36.8 Å². The lowest BCUT2D eigenvalue weighted by Crippen LogP contribution is -2.26. The maximum Gasteiger partial charge on any atom is 0.240 e. The summed E-state index contributed by atoms with van der Waals surface area (Å²) in [6.45, 7) is 2.22. The van der Waals surface area contributed by atoms with E-state index in [9.17, 15) is 8.42 Å². The lowest BCUT2D eigenvalue weighted by molar-refractivity contribution is 0.296. The van der Waals surface area contributed by atoms with E-state index in [0.29, 0.717) is 22.9 Å². The Balaban J connectivity index is 2.54. The number of rotatable bonds is 8. The lowest BCUT2D eigenvalue weighted by Gasteiger charge is -2.10. The van der Waals surface area contributed by atoms with Crippen molar-refractivity contribution in [3.05, 3.63) is 28.8 Å². The summed E-state index contributed by atoms with van der Waals surface area (Å²) in [5, 5.41) is 9.06. The van der Waals surface area contributed by atoms with Gasteiger partial charge in [0.15, 0.2) is 0 Å². The van der Waals surface area contributed by atoms with Crippen molar-refractivity contribution in [1.29, 1.82) is 0 Å². The monoisotopic (exact) mass is 323 g/mol. The minimum Gasteiger partial charge on any atom is -0.396 e. The van der Waals surface area contributed by atoms with E-state index in [1.165, 1.54) is 0 Å². The van der Waals surface area contributed by atoms with E-state index in [1.54, 1.807) is 36.9 Å². The van der Waals surface area contributed by atoms with Crippen molar-refractivity contribution in [2.24, 2.45) is 0 Å². The first-order chi connectivity index (χ1) is 8.99. The molecule has 1 rings (SSSR count). The molecular formula is C12H18ClNO3S2. The van der Waals surface area contributed by atoms with E-state index in [0.717, 1.165) is 12.2 Å². The number of hydrogen-bond acceptors (Lipinski definition) is 4. The van der Waals surface area contributed by atoms with E-state index < -0.39 is 10.0 Å². The Morgan fingerprint density at radius 1 is 1.37 bits per heavy atom. The van der Waals surface area contributed by atoms with Gasteiger partial charge in [-0.25, -0.2) is 13.1 Å². The van der Waals surface area contributed by atoms with E-state index in [4.69, 9.17) is 16.7 Å². The summed E-state index contributed by atoms with van der Waals surface area (Å²) in [5.41, 5.74) is 0.560. The Hall–Kier alpha value is -0.270. The summed E-state index contributed by atoms with van der Waals surface area (Å²) in [6.07, 6.45) is 0.727.